The molecule has 0 atom stereocenters. The molecule has 0 bridgehead atoms. The van der Waals surface area contributed by atoms with E-state index in [0.29, 0.717) is 6.54 Å². The number of nitrogens with zero attached hydrogens (tertiary/aromatic N) is 5. The largest absolute Gasteiger partial charge is 0.353 e. The second-order valence-corrected chi connectivity index (χ2v) is 8.91. The van der Waals surface area contributed by atoms with E-state index in [4.69, 9.17) is 10.1 Å². The van der Waals surface area contributed by atoms with Crippen LogP contribution < -0.4 is 10.2 Å². The van der Waals surface area contributed by atoms with Crippen LogP contribution in [0.4, 0.5) is 5.13 Å². The quantitative estimate of drug-likeness (QED) is 0.895. The summed E-state index contributed by atoms with van der Waals surface area (Å²) in [5.74, 6) is 0.103. The van der Waals surface area contributed by atoms with E-state index in [-0.39, 0.29) is 17.4 Å². The molecule has 0 aromatic carbocycles. The maximum absolute atomic E-state index is 11.9. The lowest BCUT2D eigenvalue weighted by Crippen LogP contribution is -2.50. The summed E-state index contributed by atoms with van der Waals surface area (Å²) in [6.07, 6.45) is 2.03. The predicted octanol–water partition coefficient (Wildman–Crippen LogP) is 1.73. The van der Waals surface area contributed by atoms with Gasteiger partial charge in [-0.25, -0.2) is 9.50 Å². The average molecular weight is 365 g/mol. The topological polar surface area (TPSA) is 65.8 Å². The zero-order valence-electron chi connectivity index (χ0n) is 15.7. The van der Waals surface area contributed by atoms with Crippen molar-refractivity contribution in [2.75, 3.05) is 37.6 Å². The highest BCUT2D eigenvalue weighted by Crippen LogP contribution is 2.28. The Kier molecular flexibility index (Phi) is 5.02. The summed E-state index contributed by atoms with van der Waals surface area (Å²) >= 11 is 1.63. The Hall–Kier alpha value is -1.67. The number of rotatable bonds is 4. The molecule has 25 heavy (non-hydrogen) atoms. The maximum Gasteiger partial charge on any atom is 0.234 e. The summed E-state index contributed by atoms with van der Waals surface area (Å²) < 4.78 is 1.89. The van der Waals surface area contributed by atoms with Crippen molar-refractivity contribution in [3.63, 3.8) is 0 Å². The summed E-state index contributed by atoms with van der Waals surface area (Å²) in [7, 11) is 0. The molecular formula is C17H28N6OS. The molecule has 0 aliphatic carbocycles. The molecule has 2 aromatic rings. The van der Waals surface area contributed by atoms with Crippen LogP contribution in [0.3, 0.4) is 0 Å². The van der Waals surface area contributed by atoms with E-state index < -0.39 is 0 Å². The van der Waals surface area contributed by atoms with Gasteiger partial charge in [0.15, 0.2) is 0 Å². The summed E-state index contributed by atoms with van der Waals surface area (Å²) in [5.41, 5.74) is 1.11. The Bertz CT molecular complexity index is 704. The fourth-order valence-corrected chi connectivity index (χ4v) is 3.78. The number of nitrogens with one attached hydrogen (secondary N) is 1. The predicted molar refractivity (Wildman–Crippen MR) is 101 cm³/mol. The molecule has 0 radical (unpaired) electrons. The second-order valence-electron chi connectivity index (χ2n) is 7.97. The van der Waals surface area contributed by atoms with Crippen LogP contribution in [0.5, 0.6) is 0 Å². The molecule has 0 saturated carbocycles. The van der Waals surface area contributed by atoms with E-state index in [9.17, 15) is 4.79 Å². The Morgan fingerprint density at radius 2 is 1.96 bits per heavy atom. The first-order valence-electron chi connectivity index (χ1n) is 8.86. The lowest BCUT2D eigenvalue weighted by atomic mass is 9.93. The molecular weight excluding hydrogens is 336 g/mol. The smallest absolute Gasteiger partial charge is 0.234 e. The number of imidazole rings is 1. The average Bonchev–Trinajstić information content (AvgIpc) is 3.05. The Morgan fingerprint density at radius 3 is 2.52 bits per heavy atom. The third-order valence-electron chi connectivity index (χ3n) is 4.26. The van der Waals surface area contributed by atoms with Gasteiger partial charge >= 0.3 is 0 Å². The van der Waals surface area contributed by atoms with Crippen LogP contribution in [-0.2, 0) is 10.2 Å². The van der Waals surface area contributed by atoms with Crippen molar-refractivity contribution >= 4 is 27.3 Å². The van der Waals surface area contributed by atoms with Gasteiger partial charge in [-0.15, -0.1) is 5.10 Å². The van der Waals surface area contributed by atoms with Gasteiger partial charge < -0.3 is 10.2 Å². The van der Waals surface area contributed by atoms with Gasteiger partial charge in [0.1, 0.15) is 0 Å². The van der Waals surface area contributed by atoms with Crippen LogP contribution in [0, 0.1) is 0 Å². The highest BCUT2D eigenvalue weighted by atomic mass is 32.1. The lowest BCUT2D eigenvalue weighted by Gasteiger charge is -2.33. The molecule has 0 spiro atoms. The molecule has 3 heterocycles. The van der Waals surface area contributed by atoms with Gasteiger partial charge in [0, 0.05) is 37.6 Å². The minimum absolute atomic E-state index is 0.0375. The summed E-state index contributed by atoms with van der Waals surface area (Å²) in [4.78, 5) is 22.0. The first kappa shape index (κ1) is 18.1. The molecule has 3 rings (SSSR count). The van der Waals surface area contributed by atoms with Gasteiger partial charge in [-0.05, 0) is 13.8 Å². The van der Waals surface area contributed by atoms with Crippen molar-refractivity contribution in [1.29, 1.82) is 0 Å². The first-order valence-corrected chi connectivity index (χ1v) is 9.67. The minimum atomic E-state index is 0.0375. The van der Waals surface area contributed by atoms with Crippen LogP contribution in [0.15, 0.2) is 6.20 Å². The number of carbonyl (C=O) groups excluding carboxylic acids is 1. The molecule has 1 aliphatic rings. The van der Waals surface area contributed by atoms with Crippen LogP contribution in [0.25, 0.3) is 4.96 Å². The number of piperazine rings is 1. The van der Waals surface area contributed by atoms with Crippen molar-refractivity contribution in [2.24, 2.45) is 0 Å². The van der Waals surface area contributed by atoms with Crippen LogP contribution >= 0.6 is 11.3 Å². The standard InChI is InChI=1S/C17H28N6OS/c1-12(2)18-14(24)11-21-6-8-22(9-7-21)16-20-23-10-13(17(3,4)5)19-15(23)25-16/h10,12H,6-9,11H2,1-5H3,(H,18,24). The first-order chi connectivity index (χ1) is 11.7. The molecule has 138 valence electrons. The van der Waals surface area contributed by atoms with Gasteiger partial charge in [-0.3, -0.25) is 9.69 Å². The normalized spacial score (nSPS) is 16.8. The molecule has 7 nitrogen and oxygen atoms in total. The molecule has 1 fully saturated rings. The van der Waals surface area contributed by atoms with Crippen molar-refractivity contribution in [2.45, 2.75) is 46.1 Å². The van der Waals surface area contributed by atoms with Crippen molar-refractivity contribution in [3.8, 4) is 0 Å². The summed E-state index contributed by atoms with van der Waals surface area (Å²) in [6.45, 7) is 14.5. The number of carbonyl (C=O) groups is 1. The van der Waals surface area contributed by atoms with Gasteiger partial charge in [-0.2, -0.15) is 0 Å². The van der Waals surface area contributed by atoms with Crippen molar-refractivity contribution < 1.29 is 4.79 Å². The van der Waals surface area contributed by atoms with Crippen molar-refractivity contribution in [3.05, 3.63) is 11.9 Å². The highest BCUT2D eigenvalue weighted by Gasteiger charge is 2.24. The Labute approximate surface area is 153 Å². The number of fused-ring (bicyclic) bond motifs is 1. The fraction of sp³-hybridized carbons (Fsp3) is 0.706. The van der Waals surface area contributed by atoms with Gasteiger partial charge in [0.2, 0.25) is 16.0 Å². The molecule has 1 saturated heterocycles. The van der Waals surface area contributed by atoms with Crippen molar-refractivity contribution in [1.82, 2.24) is 24.8 Å². The van der Waals surface area contributed by atoms with E-state index in [1.165, 1.54) is 0 Å². The van der Waals surface area contributed by atoms with E-state index in [1.54, 1.807) is 11.3 Å². The molecule has 0 unspecified atom stereocenters. The SMILES string of the molecule is CC(C)NC(=O)CN1CCN(c2nn3cc(C(C)(C)C)nc3s2)CC1. The Morgan fingerprint density at radius 1 is 1.28 bits per heavy atom. The molecule has 1 N–H and O–H groups in total. The number of anilines is 1. The van der Waals surface area contributed by atoms with E-state index >= 15 is 0 Å². The fourth-order valence-electron chi connectivity index (χ4n) is 2.85. The summed E-state index contributed by atoms with van der Waals surface area (Å²) in [6, 6.07) is 0.193. The Balaban J connectivity index is 1.58. The highest BCUT2D eigenvalue weighted by molar-refractivity contribution is 7.20. The monoisotopic (exact) mass is 364 g/mol. The molecule has 1 aliphatic heterocycles. The zero-order valence-corrected chi connectivity index (χ0v) is 16.6. The number of aromatic nitrogens is 3. The third-order valence-corrected chi connectivity index (χ3v) is 5.24. The van der Waals surface area contributed by atoms with E-state index in [1.807, 2.05) is 24.6 Å². The van der Waals surface area contributed by atoms with Gasteiger partial charge in [0.25, 0.3) is 0 Å². The van der Waals surface area contributed by atoms with Crippen LogP contribution in [0.1, 0.15) is 40.3 Å². The number of amides is 1. The second kappa shape index (κ2) is 6.92. The molecule has 8 heteroatoms. The maximum atomic E-state index is 11.9. The van der Waals surface area contributed by atoms with E-state index in [2.05, 4.69) is 35.9 Å². The molecule has 2 aromatic heterocycles. The number of hydrogen-bond acceptors (Lipinski definition) is 6. The van der Waals surface area contributed by atoms with E-state index in [0.717, 1.165) is 42.0 Å². The van der Waals surface area contributed by atoms with Crippen LogP contribution in [0.2, 0.25) is 0 Å². The third kappa shape index (κ3) is 4.30. The number of hydrogen-bond donors (Lipinski definition) is 1. The molecule has 1 amide bonds. The summed E-state index contributed by atoms with van der Waals surface area (Å²) in [5, 5.41) is 8.65. The zero-order chi connectivity index (χ0) is 18.2. The minimum Gasteiger partial charge on any atom is -0.353 e. The lowest BCUT2D eigenvalue weighted by molar-refractivity contribution is -0.122. The van der Waals surface area contributed by atoms with Gasteiger partial charge in [-0.1, -0.05) is 32.1 Å². The van der Waals surface area contributed by atoms with Crippen LogP contribution in [-0.4, -0.2) is 64.2 Å². The van der Waals surface area contributed by atoms with Gasteiger partial charge in [0.05, 0.1) is 18.4 Å².